The number of aromatic nitrogens is 1. The third kappa shape index (κ3) is 2.94. The average Bonchev–Trinajstić information content (AvgIpc) is 2.45. The van der Waals surface area contributed by atoms with E-state index in [2.05, 4.69) is 10.3 Å². The summed E-state index contributed by atoms with van der Waals surface area (Å²) in [4.78, 5) is 16.2. The predicted molar refractivity (Wildman–Crippen MR) is 67.8 cm³/mol. The summed E-state index contributed by atoms with van der Waals surface area (Å²) < 4.78 is 44.4. The summed E-state index contributed by atoms with van der Waals surface area (Å²) in [6, 6.07) is 0.938. The van der Waals surface area contributed by atoms with Gasteiger partial charge in [0.15, 0.2) is 5.78 Å². The number of carbonyl (C=O) groups is 1. The number of nitrogens with one attached hydrogen (secondary N) is 1. The fraction of sp³-hybridized carbons (Fsp3) is 0.571. The van der Waals surface area contributed by atoms with Crippen LogP contribution in [0.3, 0.4) is 0 Å². The summed E-state index contributed by atoms with van der Waals surface area (Å²) in [7, 11) is 0. The molecule has 0 saturated carbocycles. The van der Waals surface area contributed by atoms with Crippen molar-refractivity contribution in [2.75, 3.05) is 13.2 Å². The van der Waals surface area contributed by atoms with Gasteiger partial charge < -0.3 is 10.1 Å². The molecule has 7 heteroatoms. The van der Waals surface area contributed by atoms with Gasteiger partial charge in [-0.3, -0.25) is 9.78 Å². The number of halogens is 3. The molecule has 1 aromatic rings. The zero-order valence-electron chi connectivity index (χ0n) is 11.2. The monoisotopic (exact) mass is 300 g/mol. The Balaban J connectivity index is 1.86. The van der Waals surface area contributed by atoms with Crippen LogP contribution in [0.5, 0.6) is 0 Å². The maximum Gasteiger partial charge on any atom is 0.417 e. The number of rotatable bonds is 2. The van der Waals surface area contributed by atoms with Gasteiger partial charge in [-0.15, -0.1) is 0 Å². The number of carbonyl (C=O) groups excluding carboxylic acids is 1. The fourth-order valence-corrected chi connectivity index (χ4v) is 3.11. The normalized spacial score (nSPS) is 29.2. The molecule has 2 aliphatic heterocycles. The van der Waals surface area contributed by atoms with Gasteiger partial charge in [-0.1, -0.05) is 0 Å². The molecular weight excluding hydrogens is 285 g/mol. The van der Waals surface area contributed by atoms with E-state index in [9.17, 15) is 18.0 Å². The molecule has 0 radical (unpaired) electrons. The minimum absolute atomic E-state index is 0.0393. The third-order valence-electron chi connectivity index (χ3n) is 4.01. The lowest BCUT2D eigenvalue weighted by atomic mass is 9.81. The van der Waals surface area contributed by atoms with Crippen molar-refractivity contribution in [2.24, 2.45) is 5.92 Å². The molecule has 114 valence electrons. The second-order valence-corrected chi connectivity index (χ2v) is 5.55. The number of Topliss-reactive ketones (excluding diaryl/α,β-unsaturated/α-hetero) is 1. The van der Waals surface area contributed by atoms with Crippen LogP contribution >= 0.6 is 0 Å². The van der Waals surface area contributed by atoms with Crippen molar-refractivity contribution >= 4 is 5.78 Å². The second kappa shape index (κ2) is 5.38. The molecule has 2 fully saturated rings. The van der Waals surface area contributed by atoms with Crippen molar-refractivity contribution in [3.63, 3.8) is 0 Å². The van der Waals surface area contributed by atoms with E-state index < -0.39 is 23.4 Å². The highest BCUT2D eigenvalue weighted by Crippen LogP contribution is 2.34. The lowest BCUT2D eigenvalue weighted by Gasteiger charge is -2.39. The minimum atomic E-state index is -4.54. The molecule has 0 spiro atoms. The van der Waals surface area contributed by atoms with Gasteiger partial charge in [0.1, 0.15) is 0 Å². The Morgan fingerprint density at radius 2 is 1.95 bits per heavy atom. The highest BCUT2D eigenvalue weighted by Gasteiger charge is 2.40. The molecule has 4 nitrogen and oxygen atoms in total. The van der Waals surface area contributed by atoms with E-state index >= 15 is 0 Å². The number of hydrogen-bond donors (Lipinski definition) is 1. The van der Waals surface area contributed by atoms with Crippen LogP contribution in [0.15, 0.2) is 18.5 Å². The molecule has 2 bridgehead atoms. The zero-order chi connectivity index (χ0) is 15.0. The van der Waals surface area contributed by atoms with E-state index in [0.717, 1.165) is 18.5 Å². The first-order chi connectivity index (χ1) is 9.95. The number of ether oxygens (including phenoxy) is 1. The van der Waals surface area contributed by atoms with Crippen LogP contribution in [-0.4, -0.2) is 36.1 Å². The van der Waals surface area contributed by atoms with Crippen molar-refractivity contribution in [2.45, 2.75) is 31.1 Å². The quantitative estimate of drug-likeness (QED) is 0.849. The van der Waals surface area contributed by atoms with E-state index in [1.807, 2.05) is 0 Å². The lowest BCUT2D eigenvalue weighted by molar-refractivity contribution is -0.138. The Labute approximate surface area is 119 Å². The first-order valence-corrected chi connectivity index (χ1v) is 6.84. The average molecular weight is 300 g/mol. The third-order valence-corrected chi connectivity index (χ3v) is 4.01. The molecule has 0 amide bonds. The van der Waals surface area contributed by atoms with Gasteiger partial charge >= 0.3 is 6.18 Å². The molecule has 3 rings (SSSR count). The SMILES string of the molecule is O=C(c1cnccc1C(F)(F)F)C1CC2COCC(C1)N2. The number of ketones is 1. The highest BCUT2D eigenvalue weighted by molar-refractivity contribution is 5.99. The van der Waals surface area contributed by atoms with Crippen LogP contribution in [0, 0.1) is 5.92 Å². The van der Waals surface area contributed by atoms with Crippen molar-refractivity contribution in [3.8, 4) is 0 Å². The number of morpholine rings is 1. The smallest absolute Gasteiger partial charge is 0.378 e. The summed E-state index contributed by atoms with van der Waals surface area (Å²) in [6.45, 7) is 0.999. The number of hydrogen-bond acceptors (Lipinski definition) is 4. The van der Waals surface area contributed by atoms with E-state index in [-0.39, 0.29) is 17.6 Å². The largest absolute Gasteiger partial charge is 0.417 e. The number of piperidine rings is 1. The Bertz CT molecular complexity index is 535. The highest BCUT2D eigenvalue weighted by atomic mass is 19.4. The summed E-state index contributed by atoms with van der Waals surface area (Å²) in [6.07, 6.45) is -1.45. The summed E-state index contributed by atoms with van der Waals surface area (Å²) in [5, 5.41) is 3.32. The maximum absolute atomic E-state index is 13.0. The van der Waals surface area contributed by atoms with Crippen molar-refractivity contribution < 1.29 is 22.7 Å². The second-order valence-electron chi connectivity index (χ2n) is 5.55. The molecule has 2 saturated heterocycles. The van der Waals surface area contributed by atoms with Gasteiger partial charge in [-0.05, 0) is 18.9 Å². The summed E-state index contributed by atoms with van der Waals surface area (Å²) in [5.41, 5.74) is -1.22. The standard InChI is InChI=1S/C14H15F3N2O2/c15-14(16,17)12-1-2-18-5-11(12)13(20)8-3-9-6-21-7-10(4-8)19-9/h1-2,5,8-10,19H,3-4,6-7H2. The fourth-order valence-electron chi connectivity index (χ4n) is 3.11. The van der Waals surface area contributed by atoms with E-state index in [4.69, 9.17) is 4.74 Å². The van der Waals surface area contributed by atoms with E-state index in [1.54, 1.807) is 0 Å². The van der Waals surface area contributed by atoms with Crippen molar-refractivity contribution in [1.82, 2.24) is 10.3 Å². The first kappa shape index (κ1) is 14.5. The molecule has 2 atom stereocenters. The zero-order valence-corrected chi connectivity index (χ0v) is 11.2. The van der Waals surface area contributed by atoms with Crippen LogP contribution < -0.4 is 5.32 Å². The van der Waals surface area contributed by atoms with Crippen LogP contribution in [0.4, 0.5) is 13.2 Å². The molecule has 1 N–H and O–H groups in total. The molecule has 0 aromatic carbocycles. The Kier molecular flexibility index (Phi) is 3.71. The van der Waals surface area contributed by atoms with Gasteiger partial charge in [0.25, 0.3) is 0 Å². The topological polar surface area (TPSA) is 51.2 Å². The molecule has 21 heavy (non-hydrogen) atoms. The van der Waals surface area contributed by atoms with Crippen LogP contribution in [-0.2, 0) is 10.9 Å². The predicted octanol–water partition coefficient (Wildman–Crippen LogP) is 2.05. The molecular formula is C14H15F3N2O2. The molecule has 2 aliphatic rings. The first-order valence-electron chi connectivity index (χ1n) is 6.84. The number of fused-ring (bicyclic) bond motifs is 2. The molecule has 0 aliphatic carbocycles. The minimum Gasteiger partial charge on any atom is -0.378 e. The van der Waals surface area contributed by atoms with E-state index in [0.29, 0.717) is 26.1 Å². The Hall–Kier alpha value is -1.47. The molecule has 1 aromatic heterocycles. The number of alkyl halides is 3. The number of nitrogens with zero attached hydrogens (tertiary/aromatic N) is 1. The van der Waals surface area contributed by atoms with Crippen molar-refractivity contribution in [3.05, 3.63) is 29.6 Å². The summed E-state index contributed by atoms with van der Waals surface area (Å²) >= 11 is 0. The van der Waals surface area contributed by atoms with E-state index in [1.165, 1.54) is 0 Å². The van der Waals surface area contributed by atoms with Crippen LogP contribution in [0.1, 0.15) is 28.8 Å². The Morgan fingerprint density at radius 3 is 2.57 bits per heavy atom. The van der Waals surface area contributed by atoms with Gasteiger partial charge in [-0.2, -0.15) is 13.2 Å². The number of pyridine rings is 1. The molecule has 3 heterocycles. The van der Waals surface area contributed by atoms with Gasteiger partial charge in [0, 0.05) is 36.0 Å². The van der Waals surface area contributed by atoms with Crippen LogP contribution in [0.25, 0.3) is 0 Å². The Morgan fingerprint density at radius 1 is 1.29 bits per heavy atom. The summed E-state index contributed by atoms with van der Waals surface area (Å²) in [5.74, 6) is -0.871. The van der Waals surface area contributed by atoms with Crippen molar-refractivity contribution in [1.29, 1.82) is 0 Å². The van der Waals surface area contributed by atoms with Crippen LogP contribution in [0.2, 0.25) is 0 Å². The lowest BCUT2D eigenvalue weighted by Crippen LogP contribution is -2.55. The maximum atomic E-state index is 13.0. The van der Waals surface area contributed by atoms with Gasteiger partial charge in [0.2, 0.25) is 0 Å². The molecule has 2 unspecified atom stereocenters. The van der Waals surface area contributed by atoms with Gasteiger partial charge in [-0.25, -0.2) is 0 Å². The van der Waals surface area contributed by atoms with Gasteiger partial charge in [0.05, 0.1) is 18.8 Å².